The quantitative estimate of drug-likeness (QED) is 0.634. The van der Waals surface area contributed by atoms with E-state index in [1.165, 1.54) is 22.9 Å². The number of benzene rings is 2. The molecule has 1 amide bonds. The van der Waals surface area contributed by atoms with Gasteiger partial charge in [0.15, 0.2) is 16.7 Å². The molecule has 2 heterocycles. The number of hydrogen-bond donors (Lipinski definition) is 1. The molecule has 1 aliphatic heterocycles. The zero-order valence-electron chi connectivity index (χ0n) is 16.5. The third-order valence-corrected chi connectivity index (χ3v) is 5.55. The minimum Gasteiger partial charge on any atom is -0.490 e. The van der Waals surface area contributed by atoms with E-state index < -0.39 is 0 Å². The van der Waals surface area contributed by atoms with E-state index in [0.717, 1.165) is 17.3 Å². The van der Waals surface area contributed by atoms with Crippen LogP contribution in [0, 0.1) is 13.8 Å². The van der Waals surface area contributed by atoms with Gasteiger partial charge in [-0.05, 0) is 37.6 Å². The molecule has 0 saturated heterocycles. The van der Waals surface area contributed by atoms with Crippen LogP contribution in [-0.2, 0) is 4.79 Å². The summed E-state index contributed by atoms with van der Waals surface area (Å²) < 4.78 is 13.3. The second kappa shape index (κ2) is 8.61. The third kappa shape index (κ3) is 4.56. The molecule has 29 heavy (non-hydrogen) atoms. The maximum Gasteiger partial charge on any atom is 0.234 e. The van der Waals surface area contributed by atoms with Crippen molar-refractivity contribution in [3.8, 4) is 17.2 Å². The Morgan fingerprint density at radius 2 is 1.97 bits per heavy atom. The van der Waals surface area contributed by atoms with Gasteiger partial charge in [0.2, 0.25) is 5.91 Å². The topological polar surface area (TPSA) is 65.4 Å². The number of aryl methyl sites for hydroxylation is 2. The summed E-state index contributed by atoms with van der Waals surface area (Å²) in [5.74, 6) is 1.54. The maximum absolute atomic E-state index is 12.5. The summed E-state index contributed by atoms with van der Waals surface area (Å²) >= 11 is 1.40. The van der Waals surface area contributed by atoms with E-state index in [1.807, 2.05) is 22.9 Å². The van der Waals surface area contributed by atoms with E-state index in [4.69, 9.17) is 9.47 Å². The van der Waals surface area contributed by atoms with Crippen molar-refractivity contribution in [2.24, 2.45) is 0 Å². The molecular weight excluding hydrogens is 386 g/mol. The maximum atomic E-state index is 12.5. The molecule has 0 fully saturated rings. The lowest BCUT2D eigenvalue weighted by atomic mass is 10.1. The van der Waals surface area contributed by atoms with Crippen molar-refractivity contribution in [1.82, 2.24) is 9.55 Å². The predicted molar refractivity (Wildman–Crippen MR) is 114 cm³/mol. The highest BCUT2D eigenvalue weighted by Crippen LogP contribution is 2.32. The lowest BCUT2D eigenvalue weighted by molar-refractivity contribution is -0.113. The van der Waals surface area contributed by atoms with Gasteiger partial charge in [0.25, 0.3) is 0 Å². The van der Waals surface area contributed by atoms with E-state index in [1.54, 1.807) is 12.3 Å². The summed E-state index contributed by atoms with van der Waals surface area (Å²) in [4.78, 5) is 16.9. The van der Waals surface area contributed by atoms with Crippen LogP contribution in [0.2, 0.25) is 0 Å². The average Bonchev–Trinajstić information content (AvgIpc) is 3.03. The molecular formula is C22H23N3O3S. The van der Waals surface area contributed by atoms with Crippen LogP contribution >= 0.6 is 11.8 Å². The van der Waals surface area contributed by atoms with Crippen LogP contribution in [0.25, 0.3) is 5.69 Å². The van der Waals surface area contributed by atoms with Crippen molar-refractivity contribution in [3.05, 3.63) is 59.9 Å². The minimum atomic E-state index is -0.0975. The second-order valence-electron chi connectivity index (χ2n) is 6.92. The van der Waals surface area contributed by atoms with Gasteiger partial charge in [-0.15, -0.1) is 0 Å². The van der Waals surface area contributed by atoms with Crippen LogP contribution in [0.15, 0.2) is 53.9 Å². The first kappa shape index (κ1) is 19.4. The number of ether oxygens (including phenoxy) is 2. The Balaban J connectivity index is 1.41. The molecule has 1 N–H and O–H groups in total. The molecule has 1 aromatic heterocycles. The van der Waals surface area contributed by atoms with Gasteiger partial charge < -0.3 is 14.8 Å². The van der Waals surface area contributed by atoms with Crippen LogP contribution in [0.1, 0.15) is 17.5 Å². The van der Waals surface area contributed by atoms with Crippen LogP contribution in [0.5, 0.6) is 11.5 Å². The van der Waals surface area contributed by atoms with Gasteiger partial charge in [0.05, 0.1) is 24.7 Å². The molecule has 150 valence electrons. The summed E-state index contributed by atoms with van der Waals surface area (Å²) in [5.41, 5.74) is 4.15. The van der Waals surface area contributed by atoms with E-state index in [0.29, 0.717) is 30.4 Å². The molecule has 6 nitrogen and oxygen atoms in total. The molecule has 0 bridgehead atoms. The zero-order chi connectivity index (χ0) is 20.2. The Morgan fingerprint density at radius 3 is 2.79 bits per heavy atom. The largest absolute Gasteiger partial charge is 0.490 e. The zero-order valence-corrected chi connectivity index (χ0v) is 17.3. The van der Waals surface area contributed by atoms with Gasteiger partial charge in [0, 0.05) is 30.6 Å². The van der Waals surface area contributed by atoms with Crippen molar-refractivity contribution in [2.75, 3.05) is 24.3 Å². The molecule has 2 aromatic carbocycles. The lowest BCUT2D eigenvalue weighted by Crippen LogP contribution is -2.14. The van der Waals surface area contributed by atoms with Crippen molar-refractivity contribution >= 4 is 23.4 Å². The number of anilines is 1. The third-order valence-electron chi connectivity index (χ3n) is 4.58. The molecule has 0 saturated carbocycles. The van der Waals surface area contributed by atoms with Gasteiger partial charge >= 0.3 is 0 Å². The molecule has 0 unspecified atom stereocenters. The molecule has 7 heteroatoms. The summed E-state index contributed by atoms with van der Waals surface area (Å²) in [6, 6.07) is 11.8. The number of amides is 1. The summed E-state index contributed by atoms with van der Waals surface area (Å²) in [6.07, 6.45) is 4.52. The Morgan fingerprint density at radius 1 is 1.14 bits per heavy atom. The fourth-order valence-electron chi connectivity index (χ4n) is 3.22. The van der Waals surface area contributed by atoms with Crippen molar-refractivity contribution < 1.29 is 14.3 Å². The number of nitrogens with zero attached hydrogens (tertiary/aromatic N) is 2. The van der Waals surface area contributed by atoms with Gasteiger partial charge in [-0.3, -0.25) is 9.36 Å². The predicted octanol–water partition coefficient (Wildman–Crippen LogP) is 4.38. The first-order valence-corrected chi connectivity index (χ1v) is 10.5. The van der Waals surface area contributed by atoms with E-state index in [2.05, 4.69) is 42.3 Å². The lowest BCUT2D eigenvalue weighted by Gasteiger charge is -2.12. The number of carbonyl (C=O) groups excluding carboxylic acids is 1. The highest BCUT2D eigenvalue weighted by Gasteiger charge is 2.14. The first-order valence-electron chi connectivity index (χ1n) is 9.53. The number of hydrogen-bond acceptors (Lipinski definition) is 5. The van der Waals surface area contributed by atoms with Crippen LogP contribution < -0.4 is 14.8 Å². The fourth-order valence-corrected chi connectivity index (χ4v) is 3.99. The highest BCUT2D eigenvalue weighted by molar-refractivity contribution is 7.99. The molecule has 4 rings (SSSR count). The average molecular weight is 410 g/mol. The van der Waals surface area contributed by atoms with E-state index >= 15 is 0 Å². The van der Waals surface area contributed by atoms with Crippen molar-refractivity contribution in [3.63, 3.8) is 0 Å². The Labute approximate surface area is 174 Å². The van der Waals surface area contributed by atoms with E-state index in [-0.39, 0.29) is 11.7 Å². The number of thioether (sulfide) groups is 1. The number of carbonyl (C=O) groups is 1. The smallest absolute Gasteiger partial charge is 0.234 e. The normalized spacial score (nSPS) is 13.0. The number of rotatable bonds is 5. The highest BCUT2D eigenvalue weighted by atomic mass is 32.2. The van der Waals surface area contributed by atoms with Gasteiger partial charge in [-0.1, -0.05) is 29.5 Å². The Bertz CT molecular complexity index is 1030. The van der Waals surface area contributed by atoms with Crippen LogP contribution in [0.4, 0.5) is 5.69 Å². The number of fused-ring (bicyclic) bond motifs is 1. The fraction of sp³-hybridized carbons (Fsp3) is 0.273. The van der Waals surface area contributed by atoms with Gasteiger partial charge in [-0.25, -0.2) is 4.98 Å². The Hall–Kier alpha value is -2.93. The molecule has 1 aliphatic rings. The number of imidazole rings is 1. The molecule has 0 spiro atoms. The number of nitrogens with one attached hydrogen (secondary N) is 1. The standard InChI is InChI=1S/C22H23N3O3S/c1-15-4-6-18(16(2)12-15)25-9-8-23-22(25)29-14-21(26)24-17-5-7-19-20(13-17)28-11-3-10-27-19/h4-9,12-13H,3,10-11,14H2,1-2H3,(H,24,26). The minimum absolute atomic E-state index is 0.0975. The summed E-state index contributed by atoms with van der Waals surface area (Å²) in [6.45, 7) is 5.40. The summed E-state index contributed by atoms with van der Waals surface area (Å²) in [7, 11) is 0. The number of aromatic nitrogens is 2. The SMILES string of the molecule is Cc1ccc(-n2ccnc2SCC(=O)Nc2ccc3c(c2)OCCCO3)c(C)c1. The Kier molecular flexibility index (Phi) is 5.76. The molecule has 0 atom stereocenters. The first-order chi connectivity index (χ1) is 14.1. The van der Waals surface area contributed by atoms with Gasteiger partial charge in [0.1, 0.15) is 0 Å². The molecule has 0 aliphatic carbocycles. The van der Waals surface area contributed by atoms with Crippen molar-refractivity contribution in [1.29, 1.82) is 0 Å². The van der Waals surface area contributed by atoms with E-state index in [9.17, 15) is 4.79 Å². The summed E-state index contributed by atoms with van der Waals surface area (Å²) in [5, 5.41) is 3.70. The molecule has 3 aromatic rings. The monoisotopic (exact) mass is 409 g/mol. The molecule has 0 radical (unpaired) electrons. The van der Waals surface area contributed by atoms with Crippen LogP contribution in [0.3, 0.4) is 0 Å². The second-order valence-corrected chi connectivity index (χ2v) is 7.86. The van der Waals surface area contributed by atoms with Gasteiger partial charge in [-0.2, -0.15) is 0 Å². The van der Waals surface area contributed by atoms with Crippen molar-refractivity contribution in [2.45, 2.75) is 25.4 Å². The van der Waals surface area contributed by atoms with Crippen LogP contribution in [-0.4, -0.2) is 34.4 Å².